The average Bonchev–Trinajstić information content (AvgIpc) is 3.18. The maximum atomic E-state index is 12.2. The fourth-order valence-electron chi connectivity index (χ4n) is 2.92. The van der Waals surface area contributed by atoms with Crippen molar-refractivity contribution < 1.29 is 28.0 Å². The second-order valence-corrected chi connectivity index (χ2v) is 9.80. The van der Waals surface area contributed by atoms with Gasteiger partial charge in [-0.2, -0.15) is 0 Å². The van der Waals surface area contributed by atoms with Crippen LogP contribution in [0.15, 0.2) is 29.6 Å². The molecule has 1 aromatic heterocycles. The van der Waals surface area contributed by atoms with Gasteiger partial charge in [0.1, 0.15) is 6.10 Å². The monoisotopic (exact) mass is 398 g/mol. The summed E-state index contributed by atoms with van der Waals surface area (Å²) >= 11 is 1.54. The highest BCUT2D eigenvalue weighted by atomic mass is 32.2. The maximum Gasteiger partial charge on any atom is 0.414 e. The van der Waals surface area contributed by atoms with Gasteiger partial charge in [-0.1, -0.05) is 6.07 Å². The van der Waals surface area contributed by atoms with Crippen molar-refractivity contribution in [1.82, 2.24) is 5.48 Å². The second-order valence-electron chi connectivity index (χ2n) is 6.41. The predicted molar refractivity (Wildman–Crippen MR) is 97.2 cm³/mol. The fourth-order valence-corrected chi connectivity index (χ4v) is 4.61. The Morgan fingerprint density at radius 2 is 2.19 bits per heavy atom. The molecule has 1 fully saturated rings. The Hall–Kier alpha value is -2.17. The minimum atomic E-state index is -3.86. The first-order chi connectivity index (χ1) is 12.2. The van der Waals surface area contributed by atoms with Gasteiger partial charge in [0.2, 0.25) is 0 Å². The summed E-state index contributed by atoms with van der Waals surface area (Å²) in [6.45, 7) is 1.31. The number of anilines is 1. The summed E-state index contributed by atoms with van der Waals surface area (Å²) < 4.78 is 28.5. The van der Waals surface area contributed by atoms with E-state index in [1.807, 2.05) is 23.6 Å². The van der Waals surface area contributed by atoms with E-state index in [9.17, 15) is 18.0 Å². The normalized spacial score (nSPS) is 20.0. The van der Waals surface area contributed by atoms with E-state index in [0.717, 1.165) is 16.3 Å². The summed E-state index contributed by atoms with van der Waals surface area (Å²) in [6, 6.07) is 7.51. The van der Waals surface area contributed by atoms with Gasteiger partial charge >= 0.3 is 6.09 Å². The zero-order valence-corrected chi connectivity index (χ0v) is 15.8. The van der Waals surface area contributed by atoms with Crippen LogP contribution in [0.1, 0.15) is 13.3 Å². The lowest BCUT2D eigenvalue weighted by Gasteiger charge is -2.26. The lowest BCUT2D eigenvalue weighted by Crippen LogP contribution is -2.51. The molecule has 2 amide bonds. The number of carbonyl (C=O) groups is 2. The number of carbonyl (C=O) groups excluding carboxylic acids is 2. The van der Waals surface area contributed by atoms with Gasteiger partial charge in [0.15, 0.2) is 14.6 Å². The van der Waals surface area contributed by atoms with Gasteiger partial charge in [-0.3, -0.25) is 14.9 Å². The first kappa shape index (κ1) is 18.6. The van der Waals surface area contributed by atoms with Gasteiger partial charge in [-0.25, -0.2) is 18.7 Å². The quantitative estimate of drug-likeness (QED) is 0.588. The van der Waals surface area contributed by atoms with Crippen molar-refractivity contribution in [3.63, 3.8) is 0 Å². The van der Waals surface area contributed by atoms with Gasteiger partial charge in [0, 0.05) is 23.1 Å². The number of sulfone groups is 1. The topological polar surface area (TPSA) is 113 Å². The molecule has 3 rings (SSSR count). The average molecular weight is 398 g/mol. The number of benzene rings is 1. The fraction of sp³-hybridized carbons (Fsp3) is 0.375. The zero-order chi connectivity index (χ0) is 19.1. The molecule has 26 heavy (non-hydrogen) atoms. The Kier molecular flexibility index (Phi) is 4.67. The Balaban J connectivity index is 1.83. The van der Waals surface area contributed by atoms with Crippen molar-refractivity contribution in [1.29, 1.82) is 0 Å². The smallest absolute Gasteiger partial charge is 0.414 e. The Morgan fingerprint density at radius 1 is 1.46 bits per heavy atom. The van der Waals surface area contributed by atoms with Crippen LogP contribution >= 0.6 is 11.3 Å². The van der Waals surface area contributed by atoms with E-state index in [0.29, 0.717) is 5.69 Å². The van der Waals surface area contributed by atoms with Gasteiger partial charge in [0.25, 0.3) is 5.91 Å². The minimum absolute atomic E-state index is 0.111. The molecule has 1 saturated heterocycles. The lowest BCUT2D eigenvalue weighted by molar-refractivity contribution is -0.132. The summed E-state index contributed by atoms with van der Waals surface area (Å²) in [7, 11) is -3.86. The van der Waals surface area contributed by atoms with E-state index in [4.69, 9.17) is 9.94 Å². The van der Waals surface area contributed by atoms with Crippen LogP contribution < -0.4 is 10.4 Å². The molecule has 1 aliphatic rings. The Morgan fingerprint density at radius 3 is 2.85 bits per heavy atom. The highest BCUT2D eigenvalue weighted by Crippen LogP contribution is 2.32. The number of ether oxygens (including phenoxy) is 1. The number of fused-ring (bicyclic) bond motifs is 1. The molecule has 1 aliphatic heterocycles. The highest BCUT2D eigenvalue weighted by molar-refractivity contribution is 7.92. The van der Waals surface area contributed by atoms with Crippen LogP contribution in [0.5, 0.6) is 0 Å². The van der Waals surface area contributed by atoms with Gasteiger partial charge in [-0.05, 0) is 35.9 Å². The van der Waals surface area contributed by atoms with Crippen molar-refractivity contribution in [2.24, 2.45) is 0 Å². The van der Waals surface area contributed by atoms with Gasteiger partial charge < -0.3 is 4.74 Å². The van der Waals surface area contributed by atoms with Crippen molar-refractivity contribution in [2.45, 2.75) is 24.2 Å². The van der Waals surface area contributed by atoms with Crippen molar-refractivity contribution >= 4 is 48.9 Å². The number of nitrogens with one attached hydrogen (secondary N) is 1. The molecule has 0 aliphatic carbocycles. The number of hydrogen-bond donors (Lipinski definition) is 2. The SMILES string of the molecule is CC(CC1CN(c2ccc3ccsc3c2)C(=O)O1)(C(=O)NO)S(C)(=O)=O. The van der Waals surface area contributed by atoms with Crippen LogP contribution in [0.3, 0.4) is 0 Å². The number of amides is 2. The van der Waals surface area contributed by atoms with Gasteiger partial charge in [0.05, 0.1) is 6.54 Å². The molecular weight excluding hydrogens is 380 g/mol. The minimum Gasteiger partial charge on any atom is -0.444 e. The van der Waals surface area contributed by atoms with Crippen LogP contribution in [0.25, 0.3) is 10.1 Å². The van der Waals surface area contributed by atoms with Crippen LogP contribution in [-0.2, 0) is 19.4 Å². The molecule has 0 bridgehead atoms. The Bertz CT molecular complexity index is 970. The molecule has 2 atom stereocenters. The van der Waals surface area contributed by atoms with E-state index in [1.165, 1.54) is 17.3 Å². The number of thiophene rings is 1. The van der Waals surface area contributed by atoms with E-state index in [2.05, 4.69) is 0 Å². The standard InChI is InChI=1S/C16H18N2O6S2/c1-16(14(19)17-21,26(2,22)23)8-12-9-18(15(20)24-12)11-4-3-10-5-6-25-13(10)7-11/h3-7,12,21H,8-9H2,1-2H3,(H,17,19). The lowest BCUT2D eigenvalue weighted by atomic mass is 10.0. The van der Waals surface area contributed by atoms with Gasteiger partial charge in [-0.15, -0.1) is 11.3 Å². The molecule has 140 valence electrons. The molecule has 2 aromatic rings. The first-order valence-corrected chi connectivity index (χ1v) is 10.5. The molecular formula is C16H18N2O6S2. The van der Waals surface area contributed by atoms with E-state index >= 15 is 0 Å². The third-order valence-corrected chi connectivity index (χ3v) is 7.51. The molecule has 1 aromatic carbocycles. The maximum absolute atomic E-state index is 12.2. The summed E-state index contributed by atoms with van der Waals surface area (Å²) in [5.41, 5.74) is 2.03. The van der Waals surface area contributed by atoms with E-state index < -0.39 is 32.7 Å². The zero-order valence-electron chi connectivity index (χ0n) is 14.1. The highest BCUT2D eigenvalue weighted by Gasteiger charge is 2.48. The van der Waals surface area contributed by atoms with E-state index in [1.54, 1.807) is 17.4 Å². The Labute approximate surface area is 154 Å². The van der Waals surface area contributed by atoms with E-state index in [-0.39, 0.29) is 13.0 Å². The van der Waals surface area contributed by atoms with Crippen molar-refractivity contribution in [2.75, 3.05) is 17.7 Å². The molecule has 0 spiro atoms. The number of nitrogens with zero attached hydrogens (tertiary/aromatic N) is 1. The molecule has 2 N–H and O–H groups in total. The van der Waals surface area contributed by atoms with Crippen molar-refractivity contribution in [3.8, 4) is 0 Å². The molecule has 8 nitrogen and oxygen atoms in total. The third kappa shape index (κ3) is 3.15. The molecule has 2 heterocycles. The summed E-state index contributed by atoms with van der Waals surface area (Å²) in [5, 5.41) is 11.9. The third-order valence-electron chi connectivity index (χ3n) is 4.64. The molecule has 0 saturated carbocycles. The number of hydroxylamine groups is 1. The molecule has 0 radical (unpaired) electrons. The number of hydrogen-bond acceptors (Lipinski definition) is 7. The largest absolute Gasteiger partial charge is 0.444 e. The summed E-state index contributed by atoms with van der Waals surface area (Å²) in [4.78, 5) is 25.6. The predicted octanol–water partition coefficient (Wildman–Crippen LogP) is 1.93. The van der Waals surface area contributed by atoms with Crippen LogP contribution in [-0.4, -0.2) is 49.3 Å². The van der Waals surface area contributed by atoms with Crippen LogP contribution in [0.2, 0.25) is 0 Å². The summed E-state index contributed by atoms with van der Waals surface area (Å²) in [5.74, 6) is -1.06. The van der Waals surface area contributed by atoms with Crippen LogP contribution in [0.4, 0.5) is 10.5 Å². The van der Waals surface area contributed by atoms with Crippen LogP contribution in [0, 0.1) is 0 Å². The number of cyclic esters (lactones) is 1. The number of rotatable bonds is 5. The summed E-state index contributed by atoms with van der Waals surface area (Å²) in [6.07, 6.45) is -0.770. The molecule has 10 heteroatoms. The first-order valence-electron chi connectivity index (χ1n) is 7.75. The second kappa shape index (κ2) is 6.53. The molecule has 2 unspecified atom stereocenters. The van der Waals surface area contributed by atoms with Crippen molar-refractivity contribution in [3.05, 3.63) is 29.6 Å².